The minimum atomic E-state index is -0.355. The fourth-order valence-corrected chi connectivity index (χ4v) is 1.44. The van der Waals surface area contributed by atoms with Gasteiger partial charge in [0.25, 0.3) is 0 Å². The molecule has 0 aliphatic rings. The summed E-state index contributed by atoms with van der Waals surface area (Å²) in [5.74, 6) is -0.355. The summed E-state index contributed by atoms with van der Waals surface area (Å²) in [6, 6.07) is 3.45. The smallest absolute Gasteiger partial charge is 0.341 e. The average Bonchev–Trinajstić information content (AvgIpc) is 2.99. The van der Waals surface area contributed by atoms with Crippen molar-refractivity contribution < 1.29 is 13.9 Å². The molecule has 0 fully saturated rings. The summed E-state index contributed by atoms with van der Waals surface area (Å²) in [5.41, 5.74) is 0.441. The molecule has 2 heterocycles. The van der Waals surface area contributed by atoms with Gasteiger partial charge in [0.1, 0.15) is 12.4 Å². The van der Waals surface area contributed by atoms with Gasteiger partial charge in [-0.25, -0.2) is 4.79 Å². The number of nitrogens with zero attached hydrogens (tertiary/aromatic N) is 2. The second kappa shape index (κ2) is 5.34. The second-order valence-corrected chi connectivity index (χ2v) is 3.79. The van der Waals surface area contributed by atoms with Crippen LogP contribution in [0.15, 0.2) is 41.5 Å². The van der Waals surface area contributed by atoms with Crippen molar-refractivity contribution in [2.45, 2.75) is 26.0 Å². The first-order valence-corrected chi connectivity index (χ1v) is 5.46. The molecule has 0 saturated heterocycles. The van der Waals surface area contributed by atoms with Crippen molar-refractivity contribution in [3.8, 4) is 0 Å². The van der Waals surface area contributed by atoms with Crippen LogP contribution in [0.1, 0.15) is 23.7 Å². The van der Waals surface area contributed by atoms with Gasteiger partial charge in [-0.05, 0) is 19.1 Å². The van der Waals surface area contributed by atoms with E-state index in [1.165, 1.54) is 12.5 Å². The van der Waals surface area contributed by atoms with Crippen molar-refractivity contribution in [2.75, 3.05) is 0 Å². The van der Waals surface area contributed by atoms with Crippen molar-refractivity contribution in [3.05, 3.63) is 42.6 Å². The highest BCUT2D eigenvalue weighted by Crippen LogP contribution is 2.07. The van der Waals surface area contributed by atoms with Gasteiger partial charge in [0.05, 0.1) is 11.8 Å². The largest absolute Gasteiger partial charge is 0.472 e. The van der Waals surface area contributed by atoms with E-state index in [1.807, 2.05) is 23.9 Å². The molecule has 0 aliphatic carbocycles. The molecule has 17 heavy (non-hydrogen) atoms. The maximum atomic E-state index is 11.6. The minimum absolute atomic E-state index is 0.151. The molecule has 0 N–H and O–H groups in total. The summed E-state index contributed by atoms with van der Waals surface area (Å²) in [4.78, 5) is 11.6. The van der Waals surface area contributed by atoms with Gasteiger partial charge in [-0.3, -0.25) is 4.68 Å². The van der Waals surface area contributed by atoms with Crippen molar-refractivity contribution in [3.63, 3.8) is 0 Å². The Bertz CT molecular complexity index is 448. The Labute approximate surface area is 99.0 Å². The van der Waals surface area contributed by atoms with Gasteiger partial charge in [0, 0.05) is 25.4 Å². The van der Waals surface area contributed by atoms with E-state index in [4.69, 9.17) is 9.15 Å². The molecule has 2 aromatic rings. The van der Waals surface area contributed by atoms with Crippen LogP contribution in [0.25, 0.3) is 0 Å². The van der Waals surface area contributed by atoms with Crippen LogP contribution >= 0.6 is 0 Å². The van der Waals surface area contributed by atoms with E-state index < -0.39 is 0 Å². The molecule has 5 heteroatoms. The zero-order chi connectivity index (χ0) is 12.1. The Kier molecular flexibility index (Phi) is 3.59. The molecule has 0 saturated carbocycles. The van der Waals surface area contributed by atoms with Crippen LogP contribution in [0.4, 0.5) is 0 Å². The van der Waals surface area contributed by atoms with Gasteiger partial charge in [0.2, 0.25) is 0 Å². The lowest BCUT2D eigenvalue weighted by Crippen LogP contribution is -2.17. The molecule has 2 aromatic heterocycles. The first kappa shape index (κ1) is 11.4. The molecule has 0 radical (unpaired) electrons. The van der Waals surface area contributed by atoms with E-state index in [-0.39, 0.29) is 12.1 Å². The van der Waals surface area contributed by atoms with Crippen molar-refractivity contribution >= 4 is 5.97 Å². The Morgan fingerprint density at radius 1 is 1.65 bits per heavy atom. The number of carbonyl (C=O) groups excluding carboxylic acids is 1. The van der Waals surface area contributed by atoms with E-state index in [2.05, 4.69) is 5.10 Å². The summed E-state index contributed by atoms with van der Waals surface area (Å²) < 4.78 is 11.9. The zero-order valence-corrected chi connectivity index (χ0v) is 9.57. The Balaban J connectivity index is 1.77. The molecule has 90 valence electrons. The molecule has 5 nitrogen and oxygen atoms in total. The molecule has 0 spiro atoms. The number of ether oxygens (including phenoxy) is 1. The highest BCUT2D eigenvalue weighted by molar-refractivity contribution is 5.88. The molecular weight excluding hydrogens is 220 g/mol. The van der Waals surface area contributed by atoms with Gasteiger partial charge in [-0.15, -0.1) is 0 Å². The number of carbonyl (C=O) groups is 1. The molecule has 2 rings (SSSR count). The number of aryl methyl sites for hydroxylation is 1. The summed E-state index contributed by atoms with van der Waals surface area (Å²) in [6.45, 7) is 2.59. The van der Waals surface area contributed by atoms with Crippen LogP contribution in [0.3, 0.4) is 0 Å². The van der Waals surface area contributed by atoms with E-state index in [9.17, 15) is 4.79 Å². The van der Waals surface area contributed by atoms with Crippen LogP contribution in [-0.2, 0) is 11.3 Å². The SMILES string of the molecule is C[C@H](CCn1cccn1)OC(=O)c1ccoc1. The maximum absolute atomic E-state index is 11.6. The van der Waals surface area contributed by atoms with Crippen LogP contribution in [0.2, 0.25) is 0 Å². The first-order valence-electron chi connectivity index (χ1n) is 5.46. The molecule has 0 unspecified atom stereocenters. The van der Waals surface area contributed by atoms with E-state index in [0.717, 1.165) is 13.0 Å². The van der Waals surface area contributed by atoms with Gasteiger partial charge in [0.15, 0.2) is 0 Å². The van der Waals surface area contributed by atoms with Gasteiger partial charge in [-0.2, -0.15) is 5.10 Å². The number of hydrogen-bond donors (Lipinski definition) is 0. The van der Waals surface area contributed by atoms with Crippen LogP contribution in [0.5, 0.6) is 0 Å². The van der Waals surface area contributed by atoms with Crippen LogP contribution in [-0.4, -0.2) is 21.9 Å². The third-order valence-corrected chi connectivity index (χ3v) is 2.39. The fraction of sp³-hybridized carbons (Fsp3) is 0.333. The predicted molar refractivity (Wildman–Crippen MR) is 60.4 cm³/mol. The molecule has 1 atom stereocenters. The van der Waals surface area contributed by atoms with Crippen molar-refractivity contribution in [1.29, 1.82) is 0 Å². The number of rotatable bonds is 5. The predicted octanol–water partition coefficient (Wildman–Crippen LogP) is 2.11. The molecule has 0 aliphatic heterocycles. The summed E-state index contributed by atoms with van der Waals surface area (Å²) in [7, 11) is 0. The zero-order valence-electron chi connectivity index (χ0n) is 9.57. The van der Waals surface area contributed by atoms with E-state index in [0.29, 0.717) is 5.56 Å². The Morgan fingerprint density at radius 3 is 3.18 bits per heavy atom. The Morgan fingerprint density at radius 2 is 2.53 bits per heavy atom. The second-order valence-electron chi connectivity index (χ2n) is 3.79. The van der Waals surface area contributed by atoms with Crippen LogP contribution < -0.4 is 0 Å². The summed E-state index contributed by atoms with van der Waals surface area (Å²) >= 11 is 0. The van der Waals surface area contributed by atoms with Crippen LogP contribution in [0, 0.1) is 0 Å². The normalized spacial score (nSPS) is 12.3. The number of esters is 1. The average molecular weight is 234 g/mol. The highest BCUT2D eigenvalue weighted by atomic mass is 16.5. The lowest BCUT2D eigenvalue weighted by molar-refractivity contribution is 0.0313. The fourth-order valence-electron chi connectivity index (χ4n) is 1.44. The standard InChI is InChI=1S/C12H14N2O3/c1-10(3-7-14-6-2-5-13-14)17-12(15)11-4-8-16-9-11/h2,4-6,8-10H,3,7H2,1H3/t10-/m1/s1. The maximum Gasteiger partial charge on any atom is 0.341 e. The number of aromatic nitrogens is 2. The summed E-state index contributed by atoms with van der Waals surface area (Å²) in [5, 5.41) is 4.08. The van der Waals surface area contributed by atoms with Crippen molar-refractivity contribution in [2.24, 2.45) is 0 Å². The minimum Gasteiger partial charge on any atom is -0.472 e. The first-order chi connectivity index (χ1) is 8.25. The molecule has 0 bridgehead atoms. The lowest BCUT2D eigenvalue weighted by atomic mass is 10.3. The van der Waals surface area contributed by atoms with E-state index >= 15 is 0 Å². The van der Waals surface area contributed by atoms with Crippen molar-refractivity contribution in [1.82, 2.24) is 9.78 Å². The Hall–Kier alpha value is -2.04. The highest BCUT2D eigenvalue weighted by Gasteiger charge is 2.12. The monoisotopic (exact) mass is 234 g/mol. The van der Waals surface area contributed by atoms with Gasteiger partial charge < -0.3 is 9.15 Å². The topological polar surface area (TPSA) is 57.3 Å². The number of furan rings is 1. The lowest BCUT2D eigenvalue weighted by Gasteiger charge is -2.12. The van der Waals surface area contributed by atoms with E-state index in [1.54, 1.807) is 12.3 Å². The third-order valence-electron chi connectivity index (χ3n) is 2.39. The summed E-state index contributed by atoms with van der Waals surface area (Å²) in [6.07, 6.45) is 7.01. The molecule has 0 amide bonds. The van der Waals surface area contributed by atoms with Gasteiger partial charge >= 0.3 is 5.97 Å². The van der Waals surface area contributed by atoms with Gasteiger partial charge in [-0.1, -0.05) is 0 Å². The third kappa shape index (κ3) is 3.21. The number of hydrogen-bond acceptors (Lipinski definition) is 4. The molecular formula is C12H14N2O3. The quantitative estimate of drug-likeness (QED) is 0.743. The molecule has 0 aromatic carbocycles.